The van der Waals surface area contributed by atoms with Crippen LogP contribution in [0.3, 0.4) is 0 Å². The smallest absolute Gasteiger partial charge is 0.277 e. The van der Waals surface area contributed by atoms with Crippen molar-refractivity contribution < 1.29 is 19.0 Å². The van der Waals surface area contributed by atoms with Crippen LogP contribution >= 0.6 is 22.6 Å². The molecule has 1 N–H and O–H groups in total. The Labute approximate surface area is 166 Å². The van der Waals surface area contributed by atoms with Crippen LogP contribution in [0.2, 0.25) is 0 Å². The highest BCUT2D eigenvalue weighted by Gasteiger charge is 2.09. The normalized spacial score (nSPS) is 10.7. The summed E-state index contributed by atoms with van der Waals surface area (Å²) in [7, 11) is 3.16. The standard InChI is InChI=1S/C19H21IN2O4/c1-12-5-6-15(7-13(12)2)26-11-18(23)22-21-10-14-8-16(20)19(25-4)17(9-14)24-3/h5-10H,11H2,1-4H3,(H,22,23)/b21-10-. The Kier molecular flexibility index (Phi) is 7.26. The van der Waals surface area contributed by atoms with Crippen molar-refractivity contribution in [1.82, 2.24) is 5.43 Å². The second kappa shape index (κ2) is 9.42. The number of amides is 1. The molecule has 0 radical (unpaired) electrons. The van der Waals surface area contributed by atoms with E-state index in [4.69, 9.17) is 14.2 Å². The topological polar surface area (TPSA) is 69.2 Å². The summed E-state index contributed by atoms with van der Waals surface area (Å²) < 4.78 is 16.9. The monoisotopic (exact) mass is 468 g/mol. The highest BCUT2D eigenvalue weighted by atomic mass is 127. The molecule has 2 rings (SSSR count). The van der Waals surface area contributed by atoms with Gasteiger partial charge in [0.1, 0.15) is 5.75 Å². The minimum Gasteiger partial charge on any atom is -0.493 e. The summed E-state index contributed by atoms with van der Waals surface area (Å²) in [6, 6.07) is 9.35. The average molecular weight is 468 g/mol. The molecular weight excluding hydrogens is 447 g/mol. The molecule has 0 fully saturated rings. The van der Waals surface area contributed by atoms with Gasteiger partial charge < -0.3 is 14.2 Å². The first-order chi connectivity index (χ1) is 12.4. The first-order valence-electron chi connectivity index (χ1n) is 7.88. The zero-order valence-electron chi connectivity index (χ0n) is 15.1. The number of halogens is 1. The van der Waals surface area contributed by atoms with Crippen LogP contribution in [0.4, 0.5) is 0 Å². The summed E-state index contributed by atoms with van der Waals surface area (Å²) >= 11 is 2.15. The molecule has 0 aromatic heterocycles. The van der Waals surface area contributed by atoms with Crippen molar-refractivity contribution in [3.8, 4) is 17.2 Å². The van der Waals surface area contributed by atoms with Gasteiger partial charge in [0, 0.05) is 0 Å². The number of hydrazone groups is 1. The minimum absolute atomic E-state index is 0.108. The Morgan fingerprint density at radius 1 is 1.15 bits per heavy atom. The summed E-state index contributed by atoms with van der Waals surface area (Å²) in [4.78, 5) is 11.9. The van der Waals surface area contributed by atoms with E-state index < -0.39 is 0 Å². The Morgan fingerprint density at radius 3 is 2.58 bits per heavy atom. The van der Waals surface area contributed by atoms with E-state index in [0.717, 1.165) is 14.7 Å². The molecule has 0 spiro atoms. The minimum atomic E-state index is -0.338. The quantitative estimate of drug-likeness (QED) is 0.384. The highest BCUT2D eigenvalue weighted by Crippen LogP contribution is 2.32. The largest absolute Gasteiger partial charge is 0.493 e. The summed E-state index contributed by atoms with van der Waals surface area (Å²) in [6.45, 7) is 3.91. The molecule has 138 valence electrons. The lowest BCUT2D eigenvalue weighted by molar-refractivity contribution is -0.123. The number of hydrogen-bond acceptors (Lipinski definition) is 5. The summed E-state index contributed by atoms with van der Waals surface area (Å²) in [5.74, 6) is 1.58. The third-order valence-corrected chi connectivity index (χ3v) is 4.51. The number of carbonyl (C=O) groups excluding carboxylic acids is 1. The van der Waals surface area contributed by atoms with E-state index in [1.165, 1.54) is 11.8 Å². The third-order valence-electron chi connectivity index (χ3n) is 3.71. The van der Waals surface area contributed by atoms with Gasteiger partial charge in [-0.3, -0.25) is 4.79 Å². The van der Waals surface area contributed by atoms with E-state index in [9.17, 15) is 4.79 Å². The van der Waals surface area contributed by atoms with Gasteiger partial charge in [0.15, 0.2) is 18.1 Å². The zero-order chi connectivity index (χ0) is 19.1. The summed E-state index contributed by atoms with van der Waals surface area (Å²) in [6.07, 6.45) is 1.54. The van der Waals surface area contributed by atoms with Crippen molar-refractivity contribution in [3.05, 3.63) is 50.6 Å². The maximum absolute atomic E-state index is 11.9. The molecule has 0 atom stereocenters. The molecule has 0 heterocycles. The predicted molar refractivity (Wildman–Crippen MR) is 109 cm³/mol. The fraction of sp³-hybridized carbons (Fsp3) is 0.263. The zero-order valence-corrected chi connectivity index (χ0v) is 17.3. The van der Waals surface area contributed by atoms with Gasteiger partial charge >= 0.3 is 0 Å². The van der Waals surface area contributed by atoms with Crippen molar-refractivity contribution in [2.45, 2.75) is 13.8 Å². The van der Waals surface area contributed by atoms with Crippen molar-refractivity contribution in [2.24, 2.45) is 5.10 Å². The molecule has 6 nitrogen and oxygen atoms in total. The molecule has 2 aromatic carbocycles. The van der Waals surface area contributed by atoms with Crippen LogP contribution < -0.4 is 19.6 Å². The number of ether oxygens (including phenoxy) is 3. The van der Waals surface area contributed by atoms with Gasteiger partial charge in [-0.05, 0) is 77.4 Å². The summed E-state index contributed by atoms with van der Waals surface area (Å²) in [5.41, 5.74) is 5.52. The Hall–Kier alpha value is -2.29. The van der Waals surface area contributed by atoms with Gasteiger partial charge in [-0.15, -0.1) is 0 Å². The number of hydrogen-bond donors (Lipinski definition) is 1. The van der Waals surface area contributed by atoms with E-state index in [2.05, 4.69) is 33.1 Å². The lowest BCUT2D eigenvalue weighted by atomic mass is 10.1. The van der Waals surface area contributed by atoms with Crippen molar-refractivity contribution in [2.75, 3.05) is 20.8 Å². The molecule has 7 heteroatoms. The van der Waals surface area contributed by atoms with Gasteiger partial charge in [-0.1, -0.05) is 6.07 Å². The van der Waals surface area contributed by atoms with E-state index in [0.29, 0.717) is 17.2 Å². The molecule has 0 unspecified atom stereocenters. The SMILES string of the molecule is COc1cc(/C=N\NC(=O)COc2ccc(C)c(C)c2)cc(I)c1OC. The molecular formula is C19H21IN2O4. The fourth-order valence-electron chi connectivity index (χ4n) is 2.18. The van der Waals surface area contributed by atoms with Crippen molar-refractivity contribution in [1.29, 1.82) is 0 Å². The number of rotatable bonds is 7. The predicted octanol–water partition coefficient (Wildman–Crippen LogP) is 3.45. The van der Waals surface area contributed by atoms with E-state index in [1.54, 1.807) is 20.3 Å². The average Bonchev–Trinajstić information content (AvgIpc) is 2.62. The van der Waals surface area contributed by atoms with Gasteiger partial charge in [-0.2, -0.15) is 5.10 Å². The second-order valence-electron chi connectivity index (χ2n) is 5.57. The van der Waals surface area contributed by atoms with Crippen LogP contribution in [-0.2, 0) is 4.79 Å². The highest BCUT2D eigenvalue weighted by molar-refractivity contribution is 14.1. The second-order valence-corrected chi connectivity index (χ2v) is 6.73. The molecule has 0 aliphatic heterocycles. The molecule has 0 saturated heterocycles. The Balaban J connectivity index is 1.92. The van der Waals surface area contributed by atoms with E-state index >= 15 is 0 Å². The molecule has 0 aliphatic rings. The molecule has 0 aliphatic carbocycles. The molecule has 0 saturated carbocycles. The first-order valence-corrected chi connectivity index (χ1v) is 8.96. The molecule has 1 amide bonds. The fourth-order valence-corrected chi connectivity index (χ4v) is 3.02. The van der Waals surface area contributed by atoms with Gasteiger partial charge in [0.05, 0.1) is 24.0 Å². The maximum atomic E-state index is 11.9. The lowest BCUT2D eigenvalue weighted by Gasteiger charge is -2.10. The van der Waals surface area contributed by atoms with Crippen LogP contribution in [0, 0.1) is 17.4 Å². The van der Waals surface area contributed by atoms with Crippen LogP contribution in [0.1, 0.15) is 16.7 Å². The molecule has 2 aromatic rings. The van der Waals surface area contributed by atoms with Crippen molar-refractivity contribution >= 4 is 34.7 Å². The number of benzene rings is 2. The van der Waals surface area contributed by atoms with Gasteiger partial charge in [0.25, 0.3) is 5.91 Å². The first kappa shape index (κ1) is 20.0. The summed E-state index contributed by atoms with van der Waals surface area (Å²) in [5, 5.41) is 3.95. The van der Waals surface area contributed by atoms with E-state index in [-0.39, 0.29) is 12.5 Å². The maximum Gasteiger partial charge on any atom is 0.277 e. The number of nitrogens with one attached hydrogen (secondary N) is 1. The Morgan fingerprint density at radius 2 is 1.92 bits per heavy atom. The third kappa shape index (κ3) is 5.35. The molecule has 0 bridgehead atoms. The van der Waals surface area contributed by atoms with Crippen LogP contribution in [-0.4, -0.2) is 32.9 Å². The van der Waals surface area contributed by atoms with E-state index in [1.807, 2.05) is 38.1 Å². The van der Waals surface area contributed by atoms with Crippen LogP contribution in [0.5, 0.6) is 17.2 Å². The van der Waals surface area contributed by atoms with Crippen LogP contribution in [0.25, 0.3) is 0 Å². The van der Waals surface area contributed by atoms with Gasteiger partial charge in [-0.25, -0.2) is 5.43 Å². The van der Waals surface area contributed by atoms with Crippen molar-refractivity contribution in [3.63, 3.8) is 0 Å². The number of nitrogens with zero attached hydrogens (tertiary/aromatic N) is 1. The Bertz CT molecular complexity index is 821. The van der Waals surface area contributed by atoms with Crippen LogP contribution in [0.15, 0.2) is 35.4 Å². The number of methoxy groups -OCH3 is 2. The number of aryl methyl sites for hydroxylation is 2. The number of carbonyl (C=O) groups is 1. The lowest BCUT2D eigenvalue weighted by Crippen LogP contribution is -2.24. The van der Waals surface area contributed by atoms with Gasteiger partial charge in [0.2, 0.25) is 0 Å². The molecule has 26 heavy (non-hydrogen) atoms.